The number of aliphatic carboxylic acids is 1. The molecule has 0 spiro atoms. The number of ether oxygens (including phenoxy) is 1. The van der Waals surface area contributed by atoms with Gasteiger partial charge in [-0.05, 0) is 24.1 Å². The zero-order valence-electron chi connectivity index (χ0n) is 11.3. The minimum Gasteiger partial charge on any atom is -0.494 e. The third kappa shape index (κ3) is 3.85. The molecule has 0 aliphatic rings. The van der Waals surface area contributed by atoms with Gasteiger partial charge in [0.2, 0.25) is 5.88 Å². The van der Waals surface area contributed by atoms with Gasteiger partial charge < -0.3 is 14.9 Å². The van der Waals surface area contributed by atoms with Crippen LogP contribution < -0.4 is 9.61 Å². The van der Waals surface area contributed by atoms with Crippen LogP contribution in [0.3, 0.4) is 0 Å². The van der Waals surface area contributed by atoms with E-state index in [0.717, 1.165) is 16.9 Å². The first-order valence-corrected chi connectivity index (χ1v) is 7.20. The highest BCUT2D eigenvalue weighted by Gasteiger charge is 2.16. The van der Waals surface area contributed by atoms with Crippen molar-refractivity contribution < 1.29 is 19.7 Å². The SMILES string of the molecule is CCC(Oc1ccc(Cc2sc(=O)[nH]c2O)cc1)C(=O)O. The van der Waals surface area contributed by atoms with Gasteiger partial charge >= 0.3 is 10.8 Å². The van der Waals surface area contributed by atoms with Crippen LogP contribution in [-0.4, -0.2) is 27.3 Å². The molecule has 1 aromatic carbocycles. The average molecular weight is 309 g/mol. The molecular formula is C14H15NO5S. The fourth-order valence-corrected chi connectivity index (χ4v) is 2.57. The second-order valence-corrected chi connectivity index (χ2v) is 5.53. The van der Waals surface area contributed by atoms with Crippen LogP contribution in [0.25, 0.3) is 0 Å². The maximum Gasteiger partial charge on any atom is 0.344 e. The van der Waals surface area contributed by atoms with Gasteiger partial charge in [-0.15, -0.1) is 0 Å². The molecule has 0 radical (unpaired) electrons. The summed E-state index contributed by atoms with van der Waals surface area (Å²) in [6, 6.07) is 6.89. The molecule has 112 valence electrons. The lowest BCUT2D eigenvalue weighted by Crippen LogP contribution is -2.25. The number of nitrogens with one attached hydrogen (secondary N) is 1. The van der Waals surface area contributed by atoms with E-state index >= 15 is 0 Å². The van der Waals surface area contributed by atoms with Gasteiger partial charge in [-0.3, -0.25) is 9.78 Å². The summed E-state index contributed by atoms with van der Waals surface area (Å²) in [5.74, 6) is -0.634. The summed E-state index contributed by atoms with van der Waals surface area (Å²) < 4.78 is 5.36. The molecule has 1 atom stereocenters. The molecule has 0 fully saturated rings. The van der Waals surface area contributed by atoms with Crippen LogP contribution in [0.4, 0.5) is 0 Å². The van der Waals surface area contributed by atoms with Gasteiger partial charge in [-0.25, -0.2) is 4.79 Å². The molecule has 21 heavy (non-hydrogen) atoms. The summed E-state index contributed by atoms with van der Waals surface area (Å²) in [4.78, 5) is 24.6. The number of hydrogen-bond acceptors (Lipinski definition) is 5. The number of thiazole rings is 1. The molecule has 1 aromatic heterocycles. The van der Waals surface area contributed by atoms with Crippen molar-refractivity contribution in [2.75, 3.05) is 0 Å². The Kier molecular flexibility index (Phi) is 4.64. The van der Waals surface area contributed by atoms with Gasteiger partial charge in [0.1, 0.15) is 5.75 Å². The quantitative estimate of drug-likeness (QED) is 0.757. The Hall–Kier alpha value is -2.28. The maximum absolute atomic E-state index is 11.1. The van der Waals surface area contributed by atoms with Crippen molar-refractivity contribution in [2.45, 2.75) is 25.9 Å². The molecule has 3 N–H and O–H groups in total. The Morgan fingerprint density at radius 1 is 1.38 bits per heavy atom. The van der Waals surface area contributed by atoms with E-state index in [0.29, 0.717) is 23.5 Å². The summed E-state index contributed by atoms with van der Waals surface area (Å²) in [6.45, 7) is 1.74. The standard InChI is InChI=1S/C14H15NO5S/c1-2-10(13(17)18)20-9-5-3-8(4-6-9)7-11-12(16)15-14(19)21-11/h3-6,10,16H,2,7H2,1H3,(H,15,19)(H,17,18). The first kappa shape index (κ1) is 15.1. The molecule has 2 aromatic rings. The van der Waals surface area contributed by atoms with Crippen molar-refractivity contribution in [1.29, 1.82) is 0 Å². The third-order valence-electron chi connectivity index (χ3n) is 2.91. The van der Waals surface area contributed by atoms with E-state index in [9.17, 15) is 14.7 Å². The molecule has 0 saturated carbocycles. The van der Waals surface area contributed by atoms with Crippen LogP contribution in [0.5, 0.6) is 11.6 Å². The van der Waals surface area contributed by atoms with Crippen molar-refractivity contribution in [1.82, 2.24) is 4.98 Å². The number of carboxylic acid groups (broad SMARTS) is 1. The number of aromatic hydroxyl groups is 1. The summed E-state index contributed by atoms with van der Waals surface area (Å²) in [5.41, 5.74) is 0.885. The molecule has 0 aliphatic carbocycles. The summed E-state index contributed by atoms with van der Waals surface area (Å²) in [7, 11) is 0. The lowest BCUT2D eigenvalue weighted by atomic mass is 10.1. The number of aromatic amines is 1. The fraction of sp³-hybridized carbons (Fsp3) is 0.286. The third-order valence-corrected chi connectivity index (χ3v) is 3.78. The number of carboxylic acids is 1. The lowest BCUT2D eigenvalue weighted by Gasteiger charge is -2.13. The van der Waals surface area contributed by atoms with Gasteiger partial charge in [0, 0.05) is 6.42 Å². The van der Waals surface area contributed by atoms with Gasteiger partial charge in [0.05, 0.1) is 4.88 Å². The Morgan fingerprint density at radius 2 is 2.05 bits per heavy atom. The summed E-state index contributed by atoms with van der Waals surface area (Å²) in [5, 5.41) is 18.5. The van der Waals surface area contributed by atoms with Crippen molar-refractivity contribution in [3.63, 3.8) is 0 Å². The number of carbonyl (C=O) groups is 1. The van der Waals surface area contributed by atoms with E-state index in [1.54, 1.807) is 31.2 Å². The van der Waals surface area contributed by atoms with Gasteiger partial charge in [-0.2, -0.15) is 0 Å². The van der Waals surface area contributed by atoms with Gasteiger partial charge in [0.25, 0.3) is 0 Å². The molecule has 0 amide bonds. The monoisotopic (exact) mass is 309 g/mol. The smallest absolute Gasteiger partial charge is 0.344 e. The van der Waals surface area contributed by atoms with Crippen LogP contribution in [0.15, 0.2) is 29.1 Å². The van der Waals surface area contributed by atoms with Crippen LogP contribution in [-0.2, 0) is 11.2 Å². The number of rotatable bonds is 6. The largest absolute Gasteiger partial charge is 0.494 e. The predicted octanol–water partition coefficient (Wildman–Crippen LogP) is 1.97. The number of H-pyrrole nitrogens is 1. The fourth-order valence-electron chi connectivity index (χ4n) is 1.82. The van der Waals surface area contributed by atoms with Crippen LogP contribution in [0.1, 0.15) is 23.8 Å². The van der Waals surface area contributed by atoms with Crippen molar-refractivity contribution in [3.8, 4) is 11.6 Å². The van der Waals surface area contributed by atoms with Crippen LogP contribution in [0, 0.1) is 0 Å². The van der Waals surface area contributed by atoms with E-state index in [4.69, 9.17) is 9.84 Å². The first-order valence-electron chi connectivity index (χ1n) is 6.39. The molecule has 6 nitrogen and oxygen atoms in total. The average Bonchev–Trinajstić information content (AvgIpc) is 2.75. The first-order chi connectivity index (χ1) is 9.99. The van der Waals surface area contributed by atoms with Crippen LogP contribution in [0.2, 0.25) is 0 Å². The van der Waals surface area contributed by atoms with E-state index < -0.39 is 12.1 Å². The van der Waals surface area contributed by atoms with E-state index in [-0.39, 0.29) is 10.8 Å². The highest BCUT2D eigenvalue weighted by Crippen LogP contribution is 2.22. The Balaban J connectivity index is 2.07. The molecule has 0 aliphatic heterocycles. The minimum absolute atomic E-state index is 0.109. The second-order valence-electron chi connectivity index (χ2n) is 4.46. The lowest BCUT2D eigenvalue weighted by molar-refractivity contribution is -0.145. The highest BCUT2D eigenvalue weighted by atomic mass is 32.1. The molecule has 7 heteroatoms. The zero-order valence-corrected chi connectivity index (χ0v) is 12.1. The molecule has 1 unspecified atom stereocenters. The highest BCUT2D eigenvalue weighted by molar-refractivity contribution is 7.09. The number of hydrogen-bond donors (Lipinski definition) is 3. The van der Waals surface area contributed by atoms with Crippen molar-refractivity contribution in [3.05, 3.63) is 44.4 Å². The summed E-state index contributed by atoms with van der Waals surface area (Å²) >= 11 is 0.962. The normalized spacial score (nSPS) is 12.0. The molecule has 1 heterocycles. The van der Waals surface area contributed by atoms with Crippen LogP contribution >= 0.6 is 11.3 Å². The minimum atomic E-state index is -0.997. The Bertz CT molecular complexity index is 673. The molecule has 0 saturated heterocycles. The van der Waals surface area contributed by atoms with Gasteiger partial charge in [0.15, 0.2) is 6.10 Å². The van der Waals surface area contributed by atoms with Gasteiger partial charge in [-0.1, -0.05) is 30.4 Å². The van der Waals surface area contributed by atoms with Crippen molar-refractivity contribution >= 4 is 17.3 Å². The predicted molar refractivity (Wildman–Crippen MR) is 78.2 cm³/mol. The summed E-state index contributed by atoms with van der Waals surface area (Å²) in [6.07, 6.45) is -0.0664. The maximum atomic E-state index is 11.1. The molecule has 2 rings (SSSR count). The number of benzene rings is 1. The van der Waals surface area contributed by atoms with E-state index in [2.05, 4.69) is 4.98 Å². The Morgan fingerprint density at radius 3 is 2.52 bits per heavy atom. The second kappa shape index (κ2) is 6.45. The van der Waals surface area contributed by atoms with E-state index in [1.807, 2.05) is 0 Å². The number of aromatic nitrogens is 1. The molecule has 0 bridgehead atoms. The molecular weight excluding hydrogens is 294 g/mol. The van der Waals surface area contributed by atoms with Crippen molar-refractivity contribution in [2.24, 2.45) is 0 Å². The topological polar surface area (TPSA) is 99.6 Å². The Labute approximate surface area is 124 Å². The zero-order chi connectivity index (χ0) is 15.4. The van der Waals surface area contributed by atoms with E-state index in [1.165, 1.54) is 0 Å².